The zero-order chi connectivity index (χ0) is 14.8. The number of hydrogen-bond donors (Lipinski definition) is 2. The lowest BCUT2D eigenvalue weighted by Gasteiger charge is -2.29. The van der Waals surface area contributed by atoms with Crippen LogP contribution in [0.5, 0.6) is 0 Å². The Bertz CT molecular complexity index is 663. The summed E-state index contributed by atoms with van der Waals surface area (Å²) in [6, 6.07) is 8.12. The third kappa shape index (κ3) is 2.57. The number of aromatic amines is 1. The molecule has 2 N–H and O–H groups in total. The third-order valence-corrected chi connectivity index (χ3v) is 3.68. The molecule has 1 atom stereocenters. The Balaban J connectivity index is 1.98. The number of nitrogens with one attached hydrogen (secondary N) is 1. The average molecular weight is 285 g/mol. The molecule has 0 spiro atoms. The van der Waals surface area contributed by atoms with Crippen molar-refractivity contribution in [2.75, 3.05) is 20.3 Å². The van der Waals surface area contributed by atoms with Crippen molar-refractivity contribution in [2.24, 2.45) is 0 Å². The Labute approximate surface area is 123 Å². The first-order valence-corrected chi connectivity index (χ1v) is 6.97. The van der Waals surface area contributed by atoms with Gasteiger partial charge in [0.05, 0.1) is 17.9 Å². The van der Waals surface area contributed by atoms with E-state index in [9.17, 15) is 5.11 Å². The van der Waals surface area contributed by atoms with Crippen LogP contribution in [0.1, 0.15) is 23.0 Å². The summed E-state index contributed by atoms with van der Waals surface area (Å²) < 4.78 is 5.08. The Morgan fingerprint density at radius 2 is 2.29 bits per heavy atom. The van der Waals surface area contributed by atoms with Crippen molar-refractivity contribution in [1.29, 1.82) is 0 Å². The van der Waals surface area contributed by atoms with Crippen molar-refractivity contribution in [3.63, 3.8) is 0 Å². The van der Waals surface area contributed by atoms with Gasteiger partial charge in [-0.2, -0.15) is 5.10 Å². The van der Waals surface area contributed by atoms with Gasteiger partial charge in [-0.1, -0.05) is 23.8 Å². The van der Waals surface area contributed by atoms with Crippen LogP contribution in [0.3, 0.4) is 0 Å². The highest BCUT2D eigenvalue weighted by Crippen LogP contribution is 2.34. The Morgan fingerprint density at radius 1 is 1.43 bits per heavy atom. The van der Waals surface area contributed by atoms with E-state index in [4.69, 9.17) is 4.74 Å². The largest absolute Gasteiger partial charge is 0.383 e. The maximum atomic E-state index is 10.6. The number of H-pyrrole nitrogens is 1. The Hall–Kier alpha value is -2.11. The number of fused-ring (bicyclic) bond motifs is 1. The minimum Gasteiger partial charge on any atom is -0.383 e. The van der Waals surface area contributed by atoms with Gasteiger partial charge in [-0.3, -0.25) is 5.10 Å². The summed E-state index contributed by atoms with van der Waals surface area (Å²) in [5.41, 5.74) is 4.65. The average Bonchev–Trinajstić information content (AvgIpc) is 2.91. The monoisotopic (exact) mass is 285 g/mol. The number of aryl methyl sites for hydroxylation is 1. The molecule has 2 aromatic rings. The number of methoxy groups -OCH3 is 1. The van der Waals surface area contributed by atoms with Crippen molar-refractivity contribution in [3.05, 3.63) is 47.3 Å². The molecule has 1 unspecified atom stereocenters. The summed E-state index contributed by atoms with van der Waals surface area (Å²) in [6.07, 6.45) is 3.09. The Kier molecular flexibility index (Phi) is 3.77. The normalized spacial score (nSPS) is 17.1. The molecular weight excluding hydrogens is 266 g/mol. The van der Waals surface area contributed by atoms with Crippen LogP contribution < -0.4 is 0 Å². The van der Waals surface area contributed by atoms with Crippen molar-refractivity contribution < 1.29 is 9.84 Å². The molecule has 21 heavy (non-hydrogen) atoms. The lowest BCUT2D eigenvalue weighted by atomic mass is 10.0. The fraction of sp³-hybridized carbons (Fsp3) is 0.312. The maximum Gasteiger partial charge on any atom is 0.157 e. The van der Waals surface area contributed by atoms with Crippen molar-refractivity contribution in [1.82, 2.24) is 15.1 Å². The molecule has 5 nitrogen and oxygen atoms in total. The molecule has 1 aliphatic heterocycles. The number of aliphatic hydroxyl groups excluding tert-OH is 1. The second-order valence-corrected chi connectivity index (χ2v) is 5.19. The molecule has 0 radical (unpaired) electrons. The third-order valence-electron chi connectivity index (χ3n) is 3.68. The molecule has 110 valence electrons. The smallest absolute Gasteiger partial charge is 0.157 e. The molecule has 2 heterocycles. The summed E-state index contributed by atoms with van der Waals surface area (Å²) >= 11 is 0. The van der Waals surface area contributed by atoms with Crippen molar-refractivity contribution >= 4 is 6.08 Å². The molecule has 5 heteroatoms. The van der Waals surface area contributed by atoms with Crippen LogP contribution in [0.25, 0.3) is 17.3 Å². The highest BCUT2D eigenvalue weighted by Gasteiger charge is 2.27. The predicted octanol–water partition coefficient (Wildman–Crippen LogP) is 2.31. The van der Waals surface area contributed by atoms with Crippen LogP contribution in [-0.4, -0.2) is 40.5 Å². The summed E-state index contributed by atoms with van der Waals surface area (Å²) in [4.78, 5) is 1.85. The van der Waals surface area contributed by atoms with E-state index in [-0.39, 0.29) is 0 Å². The topological polar surface area (TPSA) is 61.4 Å². The van der Waals surface area contributed by atoms with Crippen LogP contribution in [-0.2, 0) is 4.74 Å². The molecule has 0 amide bonds. The van der Waals surface area contributed by atoms with Gasteiger partial charge < -0.3 is 14.7 Å². The minimum atomic E-state index is -0.714. The van der Waals surface area contributed by atoms with Crippen LogP contribution in [0.2, 0.25) is 0 Å². The molecule has 0 aliphatic carbocycles. The zero-order valence-electron chi connectivity index (χ0n) is 12.2. The van der Waals surface area contributed by atoms with Crippen LogP contribution >= 0.6 is 0 Å². The minimum absolute atomic E-state index is 0.564. The molecule has 0 fully saturated rings. The number of benzene rings is 1. The number of aromatic nitrogens is 2. The second-order valence-electron chi connectivity index (χ2n) is 5.19. The van der Waals surface area contributed by atoms with E-state index in [0.717, 1.165) is 22.5 Å². The fourth-order valence-electron chi connectivity index (χ4n) is 2.58. The second kappa shape index (κ2) is 5.71. The summed E-state index contributed by atoms with van der Waals surface area (Å²) in [7, 11) is 1.65. The number of ether oxygens (including phenoxy) is 1. The SMILES string of the molecule is COCCN1C=Cc2[nH]nc(-c3cccc(C)c3)c2C1O. The van der Waals surface area contributed by atoms with Crippen LogP contribution in [0.15, 0.2) is 30.5 Å². The van der Waals surface area contributed by atoms with Gasteiger partial charge in [0.2, 0.25) is 0 Å². The van der Waals surface area contributed by atoms with Crippen molar-refractivity contribution in [3.8, 4) is 11.3 Å². The van der Waals surface area contributed by atoms with Gasteiger partial charge in [0.1, 0.15) is 5.69 Å². The van der Waals surface area contributed by atoms with E-state index >= 15 is 0 Å². The predicted molar refractivity (Wildman–Crippen MR) is 81.3 cm³/mol. The number of nitrogens with zero attached hydrogens (tertiary/aromatic N) is 2. The van der Waals surface area contributed by atoms with Crippen molar-refractivity contribution in [2.45, 2.75) is 13.2 Å². The van der Waals surface area contributed by atoms with Gasteiger partial charge in [0.25, 0.3) is 0 Å². The molecule has 0 bridgehead atoms. The first-order chi connectivity index (χ1) is 10.2. The van der Waals surface area contributed by atoms with Gasteiger partial charge in [0.15, 0.2) is 6.23 Å². The molecule has 1 aromatic carbocycles. The molecule has 0 saturated carbocycles. The van der Waals surface area contributed by atoms with Gasteiger partial charge in [-0.05, 0) is 19.1 Å². The maximum absolute atomic E-state index is 10.6. The number of aliphatic hydroxyl groups is 1. The number of rotatable bonds is 4. The van der Waals surface area contributed by atoms with Gasteiger partial charge in [-0.25, -0.2) is 0 Å². The Morgan fingerprint density at radius 3 is 3.05 bits per heavy atom. The lowest BCUT2D eigenvalue weighted by molar-refractivity contribution is 0.0201. The van der Waals surface area contributed by atoms with Gasteiger partial charge >= 0.3 is 0 Å². The first-order valence-electron chi connectivity index (χ1n) is 6.97. The first kappa shape index (κ1) is 13.9. The molecular formula is C16H19N3O2. The van der Waals surface area contributed by atoms with Gasteiger partial charge in [0, 0.05) is 25.4 Å². The molecule has 3 rings (SSSR count). The molecule has 0 saturated heterocycles. The van der Waals surface area contributed by atoms with E-state index in [1.54, 1.807) is 7.11 Å². The molecule has 1 aromatic heterocycles. The quantitative estimate of drug-likeness (QED) is 0.905. The molecule has 1 aliphatic rings. The van der Waals surface area contributed by atoms with Crippen LogP contribution in [0.4, 0.5) is 0 Å². The highest BCUT2D eigenvalue weighted by atomic mass is 16.5. The zero-order valence-corrected chi connectivity index (χ0v) is 12.2. The van der Waals surface area contributed by atoms with E-state index in [1.807, 2.05) is 42.3 Å². The van der Waals surface area contributed by atoms with Gasteiger partial charge in [-0.15, -0.1) is 0 Å². The van der Waals surface area contributed by atoms with Crippen LogP contribution in [0, 0.1) is 6.92 Å². The standard InChI is InChI=1S/C16H19N3O2/c1-11-4-3-5-12(10-11)15-14-13(17-18-15)6-7-19(16(14)20)8-9-21-2/h3-7,10,16,20H,8-9H2,1-2H3,(H,17,18). The van der Waals surface area contributed by atoms with E-state index in [0.29, 0.717) is 13.2 Å². The fourth-order valence-corrected chi connectivity index (χ4v) is 2.58. The summed E-state index contributed by atoms with van der Waals surface area (Å²) in [6.45, 7) is 3.24. The summed E-state index contributed by atoms with van der Waals surface area (Å²) in [5.74, 6) is 0. The van der Waals surface area contributed by atoms with E-state index in [1.165, 1.54) is 5.56 Å². The lowest BCUT2D eigenvalue weighted by Crippen LogP contribution is -2.29. The van der Waals surface area contributed by atoms with E-state index in [2.05, 4.69) is 16.3 Å². The summed E-state index contributed by atoms with van der Waals surface area (Å²) in [5, 5.41) is 18.0. The highest BCUT2D eigenvalue weighted by molar-refractivity contribution is 5.70. The van der Waals surface area contributed by atoms with E-state index < -0.39 is 6.23 Å². The number of hydrogen-bond acceptors (Lipinski definition) is 4.